The second-order valence-corrected chi connectivity index (χ2v) is 6.53. The van der Waals surface area contributed by atoms with Gasteiger partial charge in [-0.1, -0.05) is 43.1 Å². The summed E-state index contributed by atoms with van der Waals surface area (Å²) in [7, 11) is 0. The number of thiophene rings is 1. The molecule has 1 aromatic heterocycles. The highest BCUT2D eigenvalue weighted by Crippen LogP contribution is 2.38. The van der Waals surface area contributed by atoms with Gasteiger partial charge in [0.05, 0.1) is 21.8 Å². The zero-order chi connectivity index (χ0) is 14.0. The molecule has 2 aromatic rings. The van der Waals surface area contributed by atoms with Crippen LogP contribution in [0.15, 0.2) is 29.6 Å². The monoisotopic (exact) mass is 314 g/mol. The molecule has 3 N–H and O–H groups in total. The van der Waals surface area contributed by atoms with Crippen molar-refractivity contribution in [2.24, 2.45) is 5.92 Å². The standard InChI is InChI=1S/C14H16Cl2N2S/c1-8(2)13(12-4-3-5-19-12)18-14-10(15)6-9(17)7-11(14)16/h3-8,13,18H,17H2,1-2H3. The van der Waals surface area contributed by atoms with Gasteiger partial charge in [0.25, 0.3) is 0 Å². The van der Waals surface area contributed by atoms with E-state index in [0.29, 0.717) is 21.7 Å². The summed E-state index contributed by atoms with van der Waals surface area (Å²) in [6.45, 7) is 4.33. The third-order valence-corrected chi connectivity index (χ3v) is 4.43. The zero-order valence-electron chi connectivity index (χ0n) is 10.8. The second-order valence-electron chi connectivity index (χ2n) is 4.74. The number of benzene rings is 1. The minimum Gasteiger partial charge on any atom is -0.399 e. The summed E-state index contributed by atoms with van der Waals surface area (Å²) in [6.07, 6.45) is 0. The highest BCUT2D eigenvalue weighted by Gasteiger charge is 2.19. The maximum Gasteiger partial charge on any atom is 0.0725 e. The normalized spacial score (nSPS) is 12.7. The minimum atomic E-state index is 0.179. The van der Waals surface area contributed by atoms with E-state index in [9.17, 15) is 0 Å². The third kappa shape index (κ3) is 3.35. The summed E-state index contributed by atoms with van der Waals surface area (Å²) in [5.41, 5.74) is 7.03. The fourth-order valence-electron chi connectivity index (χ4n) is 1.92. The van der Waals surface area contributed by atoms with Gasteiger partial charge in [0.15, 0.2) is 0 Å². The van der Waals surface area contributed by atoms with Crippen LogP contribution in [0.5, 0.6) is 0 Å². The average Bonchev–Trinajstić information content (AvgIpc) is 2.80. The van der Waals surface area contributed by atoms with Crippen molar-refractivity contribution < 1.29 is 0 Å². The van der Waals surface area contributed by atoms with Crippen LogP contribution in [0, 0.1) is 5.92 Å². The first-order chi connectivity index (χ1) is 8.99. The Balaban J connectivity index is 2.33. The first kappa shape index (κ1) is 14.5. The van der Waals surface area contributed by atoms with Crippen molar-refractivity contribution in [1.82, 2.24) is 0 Å². The molecule has 2 nitrogen and oxygen atoms in total. The predicted octanol–water partition coefficient (Wildman–Crippen LogP) is 5.45. The maximum absolute atomic E-state index is 6.22. The van der Waals surface area contributed by atoms with E-state index < -0.39 is 0 Å². The van der Waals surface area contributed by atoms with Gasteiger partial charge in [0, 0.05) is 10.6 Å². The Morgan fingerprint density at radius 2 is 1.84 bits per heavy atom. The summed E-state index contributed by atoms with van der Waals surface area (Å²) in [4.78, 5) is 1.26. The lowest BCUT2D eigenvalue weighted by Crippen LogP contribution is -2.16. The van der Waals surface area contributed by atoms with Gasteiger partial charge in [-0.15, -0.1) is 11.3 Å². The number of hydrogen-bond acceptors (Lipinski definition) is 3. The number of hydrogen-bond donors (Lipinski definition) is 2. The van der Waals surface area contributed by atoms with E-state index >= 15 is 0 Å². The summed E-state index contributed by atoms with van der Waals surface area (Å²) in [6, 6.07) is 7.76. The molecule has 5 heteroatoms. The van der Waals surface area contributed by atoms with Crippen molar-refractivity contribution in [3.8, 4) is 0 Å². The van der Waals surface area contributed by atoms with E-state index in [0.717, 1.165) is 5.69 Å². The molecule has 0 aliphatic carbocycles. The first-order valence-corrected chi connectivity index (χ1v) is 7.67. The number of anilines is 2. The van der Waals surface area contributed by atoms with Gasteiger partial charge >= 0.3 is 0 Å². The molecular weight excluding hydrogens is 299 g/mol. The summed E-state index contributed by atoms with van der Waals surface area (Å²) in [5.74, 6) is 0.420. The van der Waals surface area contributed by atoms with Crippen LogP contribution in [0.3, 0.4) is 0 Å². The molecule has 0 saturated carbocycles. The molecule has 2 rings (SSSR count). The molecule has 0 radical (unpaired) electrons. The molecule has 0 bridgehead atoms. The van der Waals surface area contributed by atoms with Gasteiger partial charge in [0.1, 0.15) is 0 Å². The molecule has 0 spiro atoms. The fraction of sp³-hybridized carbons (Fsp3) is 0.286. The van der Waals surface area contributed by atoms with Crippen LogP contribution in [-0.2, 0) is 0 Å². The first-order valence-electron chi connectivity index (χ1n) is 6.03. The van der Waals surface area contributed by atoms with Crippen molar-refractivity contribution in [1.29, 1.82) is 0 Å². The lowest BCUT2D eigenvalue weighted by Gasteiger charge is -2.24. The van der Waals surface area contributed by atoms with Crippen molar-refractivity contribution in [2.45, 2.75) is 19.9 Å². The highest BCUT2D eigenvalue weighted by molar-refractivity contribution is 7.10. The lowest BCUT2D eigenvalue weighted by atomic mass is 10.0. The summed E-state index contributed by atoms with van der Waals surface area (Å²) in [5, 5.41) is 6.60. The van der Waals surface area contributed by atoms with Gasteiger partial charge < -0.3 is 11.1 Å². The molecule has 0 aliphatic heterocycles. The van der Waals surface area contributed by atoms with Crippen molar-refractivity contribution in [3.05, 3.63) is 44.6 Å². The van der Waals surface area contributed by atoms with Crippen LogP contribution < -0.4 is 11.1 Å². The summed E-state index contributed by atoms with van der Waals surface area (Å²) >= 11 is 14.2. The Hall–Kier alpha value is -0.900. The van der Waals surface area contributed by atoms with E-state index in [1.165, 1.54) is 4.88 Å². The van der Waals surface area contributed by atoms with Crippen LogP contribution in [0.25, 0.3) is 0 Å². The molecule has 0 fully saturated rings. The van der Waals surface area contributed by atoms with Gasteiger partial charge in [-0.2, -0.15) is 0 Å². The van der Waals surface area contributed by atoms with Gasteiger partial charge in [-0.25, -0.2) is 0 Å². The average molecular weight is 315 g/mol. The Morgan fingerprint density at radius 1 is 1.21 bits per heavy atom. The van der Waals surface area contributed by atoms with Crippen LogP contribution >= 0.6 is 34.5 Å². The maximum atomic E-state index is 6.22. The molecule has 0 aliphatic rings. The molecule has 102 valence electrons. The Kier molecular flexibility index (Phi) is 4.61. The Morgan fingerprint density at radius 3 is 2.32 bits per heavy atom. The third-order valence-electron chi connectivity index (χ3n) is 2.88. The van der Waals surface area contributed by atoms with Gasteiger partial charge in [0.2, 0.25) is 0 Å². The number of halogens is 2. The van der Waals surface area contributed by atoms with Crippen LogP contribution in [0.2, 0.25) is 10.0 Å². The molecule has 19 heavy (non-hydrogen) atoms. The number of rotatable bonds is 4. The van der Waals surface area contributed by atoms with E-state index in [4.69, 9.17) is 28.9 Å². The van der Waals surface area contributed by atoms with E-state index in [1.54, 1.807) is 23.5 Å². The van der Waals surface area contributed by atoms with E-state index in [2.05, 4.69) is 30.6 Å². The number of nitrogens with two attached hydrogens (primary N) is 1. The quantitative estimate of drug-likeness (QED) is 0.737. The van der Waals surface area contributed by atoms with E-state index in [-0.39, 0.29) is 6.04 Å². The number of nitrogens with one attached hydrogen (secondary N) is 1. The van der Waals surface area contributed by atoms with Crippen LogP contribution in [0.4, 0.5) is 11.4 Å². The van der Waals surface area contributed by atoms with E-state index in [1.807, 2.05) is 6.07 Å². The smallest absolute Gasteiger partial charge is 0.0725 e. The molecule has 0 amide bonds. The molecular formula is C14H16Cl2N2S. The topological polar surface area (TPSA) is 38.0 Å². The fourth-order valence-corrected chi connectivity index (χ4v) is 3.48. The minimum absolute atomic E-state index is 0.179. The molecule has 0 saturated heterocycles. The Bertz CT molecular complexity index is 530. The van der Waals surface area contributed by atoms with Crippen LogP contribution in [-0.4, -0.2) is 0 Å². The second kappa shape index (κ2) is 6.04. The number of nitrogen functional groups attached to an aromatic ring is 1. The molecule has 1 atom stereocenters. The van der Waals surface area contributed by atoms with Gasteiger partial charge in [-0.05, 0) is 29.5 Å². The molecule has 1 aromatic carbocycles. The highest BCUT2D eigenvalue weighted by atomic mass is 35.5. The van der Waals surface area contributed by atoms with Crippen molar-refractivity contribution in [3.63, 3.8) is 0 Å². The molecule has 1 heterocycles. The summed E-state index contributed by atoms with van der Waals surface area (Å²) < 4.78 is 0. The van der Waals surface area contributed by atoms with Gasteiger partial charge in [-0.3, -0.25) is 0 Å². The van der Waals surface area contributed by atoms with Crippen LogP contribution in [0.1, 0.15) is 24.8 Å². The SMILES string of the molecule is CC(C)C(Nc1c(Cl)cc(N)cc1Cl)c1cccs1. The Labute approximate surface area is 127 Å². The lowest BCUT2D eigenvalue weighted by molar-refractivity contribution is 0.554. The van der Waals surface area contributed by atoms with Crippen molar-refractivity contribution in [2.75, 3.05) is 11.1 Å². The molecule has 1 unspecified atom stereocenters. The zero-order valence-corrected chi connectivity index (χ0v) is 13.1. The largest absolute Gasteiger partial charge is 0.399 e. The van der Waals surface area contributed by atoms with Crippen molar-refractivity contribution >= 4 is 45.9 Å². The predicted molar refractivity (Wildman–Crippen MR) is 86.4 cm³/mol.